The van der Waals surface area contributed by atoms with Crippen molar-refractivity contribution in [2.45, 2.75) is 0 Å². The van der Waals surface area contributed by atoms with E-state index in [0.717, 1.165) is 0 Å². The Labute approximate surface area is 39.5 Å². The Bertz CT molecular complexity index is 28.4. The Balaban J connectivity index is 0. The van der Waals surface area contributed by atoms with Crippen molar-refractivity contribution < 1.29 is 19.9 Å². The van der Waals surface area contributed by atoms with Crippen LogP contribution in [0.5, 0.6) is 0 Å². The molecule has 0 saturated heterocycles. The van der Waals surface area contributed by atoms with Crippen LogP contribution in [0.3, 0.4) is 0 Å². The summed E-state index contributed by atoms with van der Waals surface area (Å²) in [6, 6.07) is 0. The minimum absolute atomic E-state index is 1.75. The molecular weight excluding hydrogens is 127 g/mol. The number of hydrogen-bond acceptors (Lipinski definition) is 5. The van der Waals surface area contributed by atoms with Gasteiger partial charge in [0.2, 0.25) is 0 Å². The third-order valence-electron chi connectivity index (χ3n) is 0. The van der Waals surface area contributed by atoms with E-state index in [4.69, 9.17) is 24.9 Å². The van der Waals surface area contributed by atoms with E-state index in [1.807, 2.05) is 0 Å². The molecule has 7 heteroatoms. The Hall–Kier alpha value is -0.290. The number of rotatable bonds is 0. The van der Waals surface area contributed by atoms with Crippen LogP contribution in [0.1, 0.15) is 0 Å². The second kappa shape index (κ2) is 9.20. The van der Waals surface area contributed by atoms with Crippen LogP contribution in [0.15, 0.2) is 0 Å². The maximum absolute atomic E-state index is 7.88. The summed E-state index contributed by atoms with van der Waals surface area (Å²) in [6.07, 6.45) is 0. The molecule has 0 heterocycles. The topological polar surface area (TPSA) is 112 Å². The van der Waals surface area contributed by atoms with Gasteiger partial charge in [-0.15, -0.1) is 0 Å². The van der Waals surface area contributed by atoms with Crippen LogP contribution in [0.4, 0.5) is 0 Å². The molecule has 6 nitrogen and oxygen atoms in total. The van der Waals surface area contributed by atoms with Crippen molar-refractivity contribution in [1.82, 2.24) is 0 Å². The molecule has 0 radical (unpaired) electrons. The Morgan fingerprint density at radius 1 is 1.43 bits per heavy atom. The molecular formula is H3O6P. The molecule has 0 unspecified atom stereocenters. The van der Waals surface area contributed by atoms with Gasteiger partial charge >= 0.3 is 8.60 Å². The lowest BCUT2D eigenvalue weighted by molar-refractivity contribution is -0.284. The molecule has 0 aliphatic heterocycles. The molecule has 0 aromatic rings. The summed E-state index contributed by atoms with van der Waals surface area (Å²) in [5.41, 5.74) is 0. The largest absolute Gasteiger partial charge is 0.328 e. The van der Waals surface area contributed by atoms with E-state index >= 15 is 0 Å². The quantitative estimate of drug-likeness (QED) is 0.153. The van der Waals surface area contributed by atoms with Crippen molar-refractivity contribution in [1.29, 1.82) is 0 Å². The molecule has 0 bridgehead atoms. The molecule has 0 fully saturated rings. The smallest absolute Gasteiger partial charge is 0.324 e. The molecule has 44 valence electrons. The lowest BCUT2D eigenvalue weighted by atomic mass is 14.8. The fourth-order valence-corrected chi connectivity index (χ4v) is 0. The summed E-state index contributed by atoms with van der Waals surface area (Å²) in [7, 11) is -2.62. The Morgan fingerprint density at radius 2 is 1.43 bits per heavy atom. The molecule has 0 spiro atoms. The van der Waals surface area contributed by atoms with Crippen LogP contribution in [-0.2, 0) is 0 Å². The van der Waals surface area contributed by atoms with Gasteiger partial charge in [0.05, 0.1) is 0 Å². The van der Waals surface area contributed by atoms with E-state index in [-0.39, 0.29) is 0 Å². The van der Waals surface area contributed by atoms with Gasteiger partial charge < -0.3 is 14.7 Å². The minimum Gasteiger partial charge on any atom is -0.328 e. The molecule has 0 atom stereocenters. The average molecular weight is 130 g/mol. The molecule has 0 saturated carbocycles. The van der Waals surface area contributed by atoms with Crippen LogP contribution in [0.25, 0.3) is 0 Å². The van der Waals surface area contributed by atoms with Gasteiger partial charge in [-0.3, -0.25) is 0 Å². The summed E-state index contributed by atoms with van der Waals surface area (Å²) in [4.78, 5) is 29.6. The van der Waals surface area contributed by atoms with Crippen molar-refractivity contribution in [3.63, 3.8) is 0 Å². The predicted molar refractivity (Wildman–Crippen MR) is 20.3 cm³/mol. The van der Waals surface area contributed by atoms with E-state index in [0.29, 0.717) is 0 Å². The maximum atomic E-state index is 7.88. The maximum Gasteiger partial charge on any atom is 0.324 e. The summed E-state index contributed by atoms with van der Waals surface area (Å²) in [6.45, 7) is 0. The standard InChI is InChI=1S/H3O3P.O3/c1-4(2)3;1-3-2/h1-3H;. The fraction of sp³-hybridized carbons (Fsp3) is 0. The first kappa shape index (κ1) is 9.86. The number of hydrogen-bond donors (Lipinski definition) is 3. The highest BCUT2D eigenvalue weighted by molar-refractivity contribution is 7.38. The van der Waals surface area contributed by atoms with Crippen molar-refractivity contribution in [2.75, 3.05) is 0 Å². The van der Waals surface area contributed by atoms with E-state index in [1.54, 1.807) is 4.75 Å². The van der Waals surface area contributed by atoms with Crippen molar-refractivity contribution in [3.8, 4) is 0 Å². The van der Waals surface area contributed by atoms with Crippen molar-refractivity contribution in [2.24, 2.45) is 0 Å². The average Bonchev–Trinajstić information content (AvgIpc) is 1.33. The first-order valence-corrected chi connectivity index (χ1v) is 2.13. The highest BCUT2D eigenvalue weighted by atomic mass is 31.2. The van der Waals surface area contributed by atoms with Crippen molar-refractivity contribution in [3.05, 3.63) is 9.71 Å². The van der Waals surface area contributed by atoms with Crippen LogP contribution >= 0.6 is 8.60 Å². The van der Waals surface area contributed by atoms with Gasteiger partial charge in [-0.1, -0.05) is 10.2 Å². The van der Waals surface area contributed by atoms with Gasteiger partial charge in [-0.25, -0.2) is 0 Å². The Morgan fingerprint density at radius 3 is 1.43 bits per heavy atom. The lowest BCUT2D eigenvalue weighted by Gasteiger charge is -1.76. The first-order chi connectivity index (χ1) is 3.15. The minimum atomic E-state index is -2.62. The van der Waals surface area contributed by atoms with Crippen LogP contribution in [0.2, 0.25) is 0 Å². The molecule has 0 aromatic heterocycles. The van der Waals surface area contributed by atoms with Gasteiger partial charge in [0.1, 0.15) is 0 Å². The normalized spacial score (nSPS) is 6.86. The second-order valence-electron chi connectivity index (χ2n) is 0.336. The van der Waals surface area contributed by atoms with Crippen LogP contribution < -0.4 is 5.26 Å². The molecule has 7 heavy (non-hydrogen) atoms. The molecule has 3 N–H and O–H groups in total. The SMILES string of the molecule is O=[O+][O-].OP(O)O. The summed E-state index contributed by atoms with van der Waals surface area (Å²) in [5, 5.41) is 7.88. The van der Waals surface area contributed by atoms with Crippen molar-refractivity contribution >= 4 is 8.60 Å². The van der Waals surface area contributed by atoms with E-state index in [1.165, 1.54) is 0 Å². The highest BCUT2D eigenvalue weighted by Crippen LogP contribution is 2.11. The van der Waals surface area contributed by atoms with Gasteiger partial charge in [0.15, 0.2) is 4.75 Å². The van der Waals surface area contributed by atoms with E-state index in [2.05, 4.69) is 0 Å². The zero-order chi connectivity index (χ0) is 6.28. The van der Waals surface area contributed by atoms with Crippen LogP contribution in [0, 0.1) is 9.71 Å². The van der Waals surface area contributed by atoms with Gasteiger partial charge in [-0.05, 0) is 0 Å². The molecule has 0 amide bonds. The highest BCUT2D eigenvalue weighted by Gasteiger charge is 1.76. The lowest BCUT2D eigenvalue weighted by Crippen LogP contribution is -1.82. The van der Waals surface area contributed by atoms with Gasteiger partial charge in [-0.2, -0.15) is 0 Å². The first-order valence-electron chi connectivity index (χ1n) is 0.933. The summed E-state index contributed by atoms with van der Waals surface area (Å²) >= 11 is 0. The van der Waals surface area contributed by atoms with Gasteiger partial charge in [0.25, 0.3) is 0 Å². The zero-order valence-corrected chi connectivity index (χ0v) is 3.91. The molecule has 0 aliphatic carbocycles. The van der Waals surface area contributed by atoms with Crippen LogP contribution in [-0.4, -0.2) is 14.7 Å². The Kier molecular flexibility index (Phi) is 13.0. The summed E-state index contributed by atoms with van der Waals surface area (Å²) in [5.74, 6) is 0. The predicted octanol–water partition coefficient (Wildman–Crippen LogP) is -1.93. The molecule has 0 aromatic carbocycles. The molecule has 0 rings (SSSR count). The zero-order valence-electron chi connectivity index (χ0n) is 3.01. The van der Waals surface area contributed by atoms with Gasteiger partial charge in [0, 0.05) is 0 Å². The molecule has 0 aliphatic rings. The third-order valence-corrected chi connectivity index (χ3v) is 0. The fourth-order valence-electron chi connectivity index (χ4n) is 0. The monoisotopic (exact) mass is 130 g/mol. The second-order valence-corrected chi connectivity index (χ2v) is 0.873. The van der Waals surface area contributed by atoms with E-state index < -0.39 is 8.60 Å². The summed E-state index contributed by atoms with van der Waals surface area (Å²) < 4.78 is 1.75. The third kappa shape index (κ3) is 935. The van der Waals surface area contributed by atoms with E-state index in [9.17, 15) is 0 Å².